The third kappa shape index (κ3) is 2.45. The van der Waals surface area contributed by atoms with Crippen molar-refractivity contribution < 1.29 is 4.79 Å². The second-order valence-corrected chi connectivity index (χ2v) is 6.47. The van der Waals surface area contributed by atoms with Crippen LogP contribution in [0.4, 0.5) is 0 Å². The number of fused-ring (bicyclic) bond motifs is 3. The third-order valence-corrected chi connectivity index (χ3v) is 4.77. The van der Waals surface area contributed by atoms with Crippen molar-refractivity contribution in [3.05, 3.63) is 68.2 Å². The van der Waals surface area contributed by atoms with Gasteiger partial charge < -0.3 is 5.73 Å². The van der Waals surface area contributed by atoms with Gasteiger partial charge in [0, 0.05) is 0 Å². The number of amides is 1. The monoisotopic (exact) mass is 355 g/mol. The van der Waals surface area contributed by atoms with Gasteiger partial charge in [0.05, 0.1) is 12.1 Å². The number of nitrogens with zero attached hydrogens (tertiary/aromatic N) is 4. The van der Waals surface area contributed by atoms with Gasteiger partial charge in [0.25, 0.3) is 5.56 Å². The lowest BCUT2D eigenvalue weighted by molar-refractivity contribution is -0.118. The Bertz CT molecular complexity index is 1220. The minimum Gasteiger partial charge on any atom is -0.368 e. The molecule has 0 radical (unpaired) electrons. The van der Waals surface area contributed by atoms with Gasteiger partial charge in [-0.2, -0.15) is 0 Å². The third-order valence-electron chi connectivity index (χ3n) is 3.88. The summed E-state index contributed by atoms with van der Waals surface area (Å²) in [6.07, 6.45) is 0. The summed E-state index contributed by atoms with van der Waals surface area (Å²) < 4.78 is 4.23. The minimum atomic E-state index is -0.677. The summed E-state index contributed by atoms with van der Waals surface area (Å²) in [4.78, 5) is 36.7. The number of benzene rings is 1. The Hall–Kier alpha value is -3.20. The van der Waals surface area contributed by atoms with Crippen LogP contribution >= 0.6 is 11.3 Å². The maximum absolute atomic E-state index is 12.9. The van der Waals surface area contributed by atoms with E-state index in [2.05, 4.69) is 5.10 Å². The fraction of sp³-hybridized carbons (Fsp3) is 0.125. The summed E-state index contributed by atoms with van der Waals surface area (Å²) in [6.45, 7) is -0.0737. The van der Waals surface area contributed by atoms with Crippen molar-refractivity contribution in [1.82, 2.24) is 18.7 Å². The highest BCUT2D eigenvalue weighted by molar-refractivity contribution is 7.17. The van der Waals surface area contributed by atoms with Crippen LogP contribution < -0.4 is 17.0 Å². The van der Waals surface area contributed by atoms with Gasteiger partial charge in [-0.1, -0.05) is 30.3 Å². The molecule has 4 aromatic rings. The zero-order chi connectivity index (χ0) is 17.6. The topological polar surface area (TPSA) is 104 Å². The number of hydrogen-bond donors (Lipinski definition) is 1. The molecule has 9 heteroatoms. The highest BCUT2D eigenvalue weighted by Crippen LogP contribution is 2.17. The first kappa shape index (κ1) is 15.3. The molecule has 2 N–H and O–H groups in total. The van der Waals surface area contributed by atoms with E-state index in [9.17, 15) is 14.4 Å². The molecule has 0 saturated carbocycles. The number of primary amides is 1. The summed E-state index contributed by atoms with van der Waals surface area (Å²) in [5.74, 6) is -0.491. The molecule has 0 bridgehead atoms. The van der Waals surface area contributed by atoms with E-state index >= 15 is 0 Å². The van der Waals surface area contributed by atoms with E-state index < -0.39 is 11.6 Å². The average Bonchev–Trinajstić information content (AvgIpc) is 3.18. The summed E-state index contributed by atoms with van der Waals surface area (Å²) in [6, 6.07) is 11.1. The molecule has 0 fully saturated rings. The van der Waals surface area contributed by atoms with Crippen molar-refractivity contribution in [2.24, 2.45) is 5.73 Å². The number of carbonyl (C=O) groups excluding carboxylic acids is 1. The Balaban J connectivity index is 2.05. The molecule has 8 nitrogen and oxygen atoms in total. The molecule has 0 atom stereocenters. The molecule has 0 aliphatic heterocycles. The van der Waals surface area contributed by atoms with Crippen molar-refractivity contribution in [3.8, 4) is 0 Å². The van der Waals surface area contributed by atoms with Crippen LogP contribution in [0.15, 0.2) is 51.4 Å². The normalized spacial score (nSPS) is 11.4. The van der Waals surface area contributed by atoms with E-state index in [0.717, 1.165) is 10.2 Å². The van der Waals surface area contributed by atoms with Crippen LogP contribution in [0.25, 0.3) is 16.0 Å². The van der Waals surface area contributed by atoms with Crippen LogP contribution in [0.5, 0.6) is 0 Å². The summed E-state index contributed by atoms with van der Waals surface area (Å²) in [7, 11) is 0. The lowest BCUT2D eigenvalue weighted by Gasteiger charge is -2.07. The zero-order valence-electron chi connectivity index (χ0n) is 13.0. The van der Waals surface area contributed by atoms with Gasteiger partial charge in [-0.25, -0.2) is 13.9 Å². The predicted molar refractivity (Wildman–Crippen MR) is 93.8 cm³/mol. The molecule has 0 aliphatic rings. The Kier molecular flexibility index (Phi) is 3.50. The van der Waals surface area contributed by atoms with Crippen molar-refractivity contribution in [3.63, 3.8) is 0 Å². The van der Waals surface area contributed by atoms with Gasteiger partial charge in [0.1, 0.15) is 11.2 Å². The average molecular weight is 355 g/mol. The first-order valence-electron chi connectivity index (χ1n) is 7.48. The lowest BCUT2D eigenvalue weighted by atomic mass is 10.2. The maximum Gasteiger partial charge on any atom is 0.352 e. The molecular formula is C16H13N5O3S. The van der Waals surface area contributed by atoms with Crippen LogP contribution in [0, 0.1) is 0 Å². The molecule has 3 aromatic heterocycles. The van der Waals surface area contributed by atoms with Crippen molar-refractivity contribution >= 4 is 33.2 Å². The second kappa shape index (κ2) is 5.71. The molecule has 0 unspecified atom stereocenters. The number of carbonyl (C=O) groups is 1. The van der Waals surface area contributed by atoms with E-state index in [0.29, 0.717) is 10.2 Å². The largest absolute Gasteiger partial charge is 0.368 e. The summed E-state index contributed by atoms with van der Waals surface area (Å²) >= 11 is 1.26. The standard InChI is InChI=1S/C16H13N5O3S/c17-12(22)9-20-16(24)21-11-6-7-25-13(11)14(23)19(15(21)18-20)8-10-4-2-1-3-5-10/h1-7H,8-9H2,(H2,17,22). The molecule has 4 rings (SSSR count). The highest BCUT2D eigenvalue weighted by atomic mass is 32.1. The van der Waals surface area contributed by atoms with Crippen LogP contribution in [0.2, 0.25) is 0 Å². The molecular weight excluding hydrogens is 342 g/mol. The van der Waals surface area contributed by atoms with Crippen molar-refractivity contribution in [2.45, 2.75) is 13.1 Å². The van der Waals surface area contributed by atoms with Crippen LogP contribution in [0.3, 0.4) is 0 Å². The molecule has 0 spiro atoms. The smallest absolute Gasteiger partial charge is 0.352 e. The summed E-state index contributed by atoms with van der Waals surface area (Å²) in [5.41, 5.74) is 5.84. The van der Waals surface area contributed by atoms with Crippen LogP contribution in [-0.4, -0.2) is 24.7 Å². The Morgan fingerprint density at radius 1 is 1.16 bits per heavy atom. The van der Waals surface area contributed by atoms with E-state index in [1.165, 1.54) is 20.3 Å². The van der Waals surface area contributed by atoms with E-state index in [1.807, 2.05) is 30.3 Å². The fourth-order valence-electron chi connectivity index (χ4n) is 2.79. The first-order chi connectivity index (χ1) is 12.1. The molecule has 3 heterocycles. The maximum atomic E-state index is 12.9. The summed E-state index contributed by atoms with van der Waals surface area (Å²) in [5, 5.41) is 5.92. The Morgan fingerprint density at radius 3 is 2.64 bits per heavy atom. The van der Waals surface area contributed by atoms with Gasteiger partial charge in [0.2, 0.25) is 11.7 Å². The Morgan fingerprint density at radius 2 is 1.92 bits per heavy atom. The lowest BCUT2D eigenvalue weighted by Crippen LogP contribution is -2.29. The SMILES string of the molecule is NC(=O)Cn1nc2n(Cc3ccccc3)c(=O)c3sccc3n2c1=O. The molecule has 1 amide bonds. The Labute approximate surface area is 144 Å². The number of thiophene rings is 1. The molecule has 126 valence electrons. The van der Waals surface area contributed by atoms with Gasteiger partial charge >= 0.3 is 5.69 Å². The fourth-order valence-corrected chi connectivity index (χ4v) is 3.62. The van der Waals surface area contributed by atoms with Gasteiger partial charge in [0.15, 0.2) is 0 Å². The predicted octanol–water partition coefficient (Wildman–Crippen LogP) is 0.406. The number of nitrogens with two attached hydrogens (primary N) is 1. The van der Waals surface area contributed by atoms with E-state index in [1.54, 1.807) is 11.4 Å². The minimum absolute atomic E-state index is 0.186. The van der Waals surface area contributed by atoms with Crippen molar-refractivity contribution in [2.75, 3.05) is 0 Å². The number of aromatic nitrogens is 4. The number of rotatable bonds is 4. The second-order valence-electron chi connectivity index (χ2n) is 5.55. The van der Waals surface area contributed by atoms with Gasteiger partial charge in [-0.3, -0.25) is 14.2 Å². The first-order valence-corrected chi connectivity index (χ1v) is 8.36. The molecule has 0 saturated heterocycles. The molecule has 25 heavy (non-hydrogen) atoms. The van der Waals surface area contributed by atoms with E-state index in [-0.39, 0.29) is 24.4 Å². The van der Waals surface area contributed by atoms with Crippen LogP contribution in [-0.2, 0) is 17.9 Å². The van der Waals surface area contributed by atoms with Gasteiger partial charge in [-0.15, -0.1) is 16.4 Å². The van der Waals surface area contributed by atoms with Gasteiger partial charge in [-0.05, 0) is 17.0 Å². The highest BCUT2D eigenvalue weighted by Gasteiger charge is 2.19. The molecule has 0 aliphatic carbocycles. The van der Waals surface area contributed by atoms with E-state index in [4.69, 9.17) is 5.73 Å². The molecule has 1 aromatic carbocycles. The van der Waals surface area contributed by atoms with Crippen molar-refractivity contribution in [1.29, 1.82) is 0 Å². The quantitative estimate of drug-likeness (QED) is 0.572. The van der Waals surface area contributed by atoms with Crippen LogP contribution in [0.1, 0.15) is 5.56 Å². The zero-order valence-corrected chi connectivity index (χ0v) is 13.8. The number of hydrogen-bond acceptors (Lipinski definition) is 5.